The molecule has 0 aromatic rings. The van der Waals surface area contributed by atoms with Crippen LogP contribution in [0.4, 0.5) is 0 Å². The third kappa shape index (κ3) is 2.70. The van der Waals surface area contributed by atoms with Gasteiger partial charge >= 0.3 is 0 Å². The second-order valence-electron chi connectivity index (χ2n) is 7.54. The molecular formula is C16H31N. The second-order valence-corrected chi connectivity index (χ2v) is 7.54. The fourth-order valence-corrected chi connectivity index (χ4v) is 3.46. The van der Waals surface area contributed by atoms with Gasteiger partial charge < -0.3 is 5.32 Å². The lowest BCUT2D eigenvalue weighted by atomic mass is 9.57. The van der Waals surface area contributed by atoms with E-state index in [-0.39, 0.29) is 0 Å². The minimum absolute atomic E-state index is 0.436. The van der Waals surface area contributed by atoms with E-state index < -0.39 is 0 Å². The second kappa shape index (κ2) is 4.91. The van der Waals surface area contributed by atoms with Gasteiger partial charge in [0.05, 0.1) is 0 Å². The van der Waals surface area contributed by atoms with Gasteiger partial charge in [-0.25, -0.2) is 0 Å². The Labute approximate surface area is 108 Å². The van der Waals surface area contributed by atoms with Crippen molar-refractivity contribution in [2.75, 3.05) is 6.54 Å². The predicted octanol–water partition coefficient (Wildman–Crippen LogP) is 4.37. The smallest absolute Gasteiger partial charge is 0.0124 e. The molecule has 2 aliphatic carbocycles. The number of nitrogens with one attached hydrogen (secondary N) is 1. The Morgan fingerprint density at radius 2 is 1.76 bits per heavy atom. The van der Waals surface area contributed by atoms with Crippen LogP contribution in [0.25, 0.3) is 0 Å². The van der Waals surface area contributed by atoms with E-state index in [2.05, 4.69) is 33.0 Å². The fraction of sp³-hybridized carbons (Fsp3) is 1.00. The Morgan fingerprint density at radius 3 is 2.24 bits per heavy atom. The normalized spacial score (nSPS) is 28.4. The molecule has 0 aromatic carbocycles. The largest absolute Gasteiger partial charge is 0.313 e. The van der Waals surface area contributed by atoms with Crippen LogP contribution in [0.2, 0.25) is 0 Å². The number of rotatable bonds is 4. The summed E-state index contributed by atoms with van der Waals surface area (Å²) in [5.41, 5.74) is 1.15. The monoisotopic (exact) mass is 237 g/mol. The number of hydrogen-bond acceptors (Lipinski definition) is 1. The lowest BCUT2D eigenvalue weighted by Crippen LogP contribution is -2.56. The summed E-state index contributed by atoms with van der Waals surface area (Å²) in [5, 5.41) is 3.90. The maximum Gasteiger partial charge on any atom is 0.0124 e. The van der Waals surface area contributed by atoms with Crippen LogP contribution in [-0.4, -0.2) is 12.6 Å². The molecule has 1 atom stereocenters. The van der Waals surface area contributed by atoms with Crippen LogP contribution in [0, 0.1) is 16.7 Å². The molecule has 100 valence electrons. The van der Waals surface area contributed by atoms with Crippen molar-refractivity contribution in [1.82, 2.24) is 5.32 Å². The molecule has 0 heterocycles. The van der Waals surface area contributed by atoms with E-state index >= 15 is 0 Å². The van der Waals surface area contributed by atoms with Crippen molar-refractivity contribution in [1.29, 1.82) is 0 Å². The summed E-state index contributed by atoms with van der Waals surface area (Å²) in [4.78, 5) is 0. The van der Waals surface area contributed by atoms with Crippen molar-refractivity contribution >= 4 is 0 Å². The molecule has 1 heteroatoms. The lowest BCUT2D eigenvalue weighted by molar-refractivity contribution is 0.0154. The van der Waals surface area contributed by atoms with Crippen molar-refractivity contribution in [2.45, 2.75) is 78.7 Å². The van der Waals surface area contributed by atoms with Gasteiger partial charge in [0.1, 0.15) is 0 Å². The predicted molar refractivity (Wildman–Crippen MR) is 75.2 cm³/mol. The van der Waals surface area contributed by atoms with Gasteiger partial charge in [0.25, 0.3) is 0 Å². The Bertz CT molecular complexity index is 248. The summed E-state index contributed by atoms with van der Waals surface area (Å²) < 4.78 is 0. The quantitative estimate of drug-likeness (QED) is 0.765. The Morgan fingerprint density at radius 1 is 1.12 bits per heavy atom. The summed E-state index contributed by atoms with van der Waals surface area (Å²) in [6.07, 6.45) is 10.3. The van der Waals surface area contributed by atoms with Gasteiger partial charge in [-0.05, 0) is 42.4 Å². The Hall–Kier alpha value is -0.0400. The zero-order chi connectivity index (χ0) is 12.5. The van der Waals surface area contributed by atoms with E-state index in [4.69, 9.17) is 0 Å². The molecule has 0 bridgehead atoms. The zero-order valence-corrected chi connectivity index (χ0v) is 12.3. The minimum Gasteiger partial charge on any atom is -0.313 e. The van der Waals surface area contributed by atoms with Crippen LogP contribution in [0.3, 0.4) is 0 Å². The van der Waals surface area contributed by atoms with Crippen LogP contribution in [0.5, 0.6) is 0 Å². The van der Waals surface area contributed by atoms with Crippen LogP contribution < -0.4 is 5.32 Å². The standard InChI is InChI=1S/C16H31N/c1-13(2)15(3,4)12-17-14-8-11-16(14)9-6-5-7-10-16/h13-14,17H,5-12H2,1-4H3. The molecule has 2 aliphatic rings. The van der Waals surface area contributed by atoms with Gasteiger partial charge in [-0.2, -0.15) is 0 Å². The molecule has 1 nitrogen and oxygen atoms in total. The van der Waals surface area contributed by atoms with Gasteiger partial charge in [0.15, 0.2) is 0 Å². The topological polar surface area (TPSA) is 12.0 Å². The maximum absolute atomic E-state index is 3.90. The van der Waals surface area contributed by atoms with E-state index in [1.54, 1.807) is 0 Å². The molecule has 0 aliphatic heterocycles. The molecule has 0 aromatic heterocycles. The molecular weight excluding hydrogens is 206 g/mol. The first-order valence-corrected chi connectivity index (χ1v) is 7.70. The summed E-state index contributed by atoms with van der Waals surface area (Å²) in [6, 6.07) is 0.834. The van der Waals surface area contributed by atoms with Crippen molar-refractivity contribution < 1.29 is 0 Å². The first-order valence-electron chi connectivity index (χ1n) is 7.70. The highest BCUT2D eigenvalue weighted by Crippen LogP contribution is 2.51. The minimum atomic E-state index is 0.436. The van der Waals surface area contributed by atoms with Crippen molar-refractivity contribution in [3.05, 3.63) is 0 Å². The van der Waals surface area contributed by atoms with Crippen molar-refractivity contribution in [2.24, 2.45) is 16.7 Å². The molecule has 0 radical (unpaired) electrons. The lowest BCUT2D eigenvalue weighted by Gasteiger charge is -2.53. The SMILES string of the molecule is CC(C)C(C)(C)CNC1CCC12CCCCC2. The van der Waals surface area contributed by atoms with Gasteiger partial charge in [0, 0.05) is 12.6 Å². The van der Waals surface area contributed by atoms with Crippen LogP contribution in [0.15, 0.2) is 0 Å². The molecule has 2 fully saturated rings. The third-order valence-electron chi connectivity index (χ3n) is 5.89. The first-order chi connectivity index (χ1) is 7.96. The molecule has 1 unspecified atom stereocenters. The average molecular weight is 237 g/mol. The average Bonchev–Trinajstić information content (AvgIpc) is 2.28. The van der Waals surface area contributed by atoms with E-state index in [1.165, 1.54) is 51.5 Å². The Kier molecular flexibility index (Phi) is 3.87. The summed E-state index contributed by atoms with van der Waals surface area (Å²) in [6.45, 7) is 10.7. The van der Waals surface area contributed by atoms with Gasteiger partial charge in [-0.3, -0.25) is 0 Å². The molecule has 1 N–H and O–H groups in total. The van der Waals surface area contributed by atoms with Crippen molar-refractivity contribution in [3.8, 4) is 0 Å². The molecule has 2 rings (SSSR count). The highest BCUT2D eigenvalue weighted by molar-refractivity contribution is 5.02. The summed E-state index contributed by atoms with van der Waals surface area (Å²) >= 11 is 0. The molecule has 17 heavy (non-hydrogen) atoms. The summed E-state index contributed by atoms with van der Waals surface area (Å²) in [5.74, 6) is 0.761. The van der Waals surface area contributed by atoms with Crippen molar-refractivity contribution in [3.63, 3.8) is 0 Å². The molecule has 2 saturated carbocycles. The van der Waals surface area contributed by atoms with Crippen LogP contribution in [-0.2, 0) is 0 Å². The Balaban J connectivity index is 1.84. The highest BCUT2D eigenvalue weighted by Gasteiger charge is 2.46. The van der Waals surface area contributed by atoms with Gasteiger partial charge in [-0.15, -0.1) is 0 Å². The number of hydrogen-bond donors (Lipinski definition) is 1. The van der Waals surface area contributed by atoms with E-state index in [1.807, 2.05) is 0 Å². The van der Waals surface area contributed by atoms with E-state index in [0.717, 1.165) is 12.0 Å². The fourth-order valence-electron chi connectivity index (χ4n) is 3.46. The van der Waals surface area contributed by atoms with Crippen LogP contribution >= 0.6 is 0 Å². The summed E-state index contributed by atoms with van der Waals surface area (Å²) in [7, 11) is 0. The molecule has 1 spiro atoms. The van der Waals surface area contributed by atoms with Gasteiger partial charge in [-0.1, -0.05) is 47.0 Å². The van der Waals surface area contributed by atoms with E-state index in [9.17, 15) is 0 Å². The molecule has 0 saturated heterocycles. The highest BCUT2D eigenvalue weighted by atomic mass is 15.0. The maximum atomic E-state index is 3.90. The van der Waals surface area contributed by atoms with Gasteiger partial charge in [0.2, 0.25) is 0 Å². The first kappa shape index (κ1) is 13.4. The van der Waals surface area contributed by atoms with E-state index in [0.29, 0.717) is 10.8 Å². The molecule has 0 amide bonds. The zero-order valence-electron chi connectivity index (χ0n) is 12.3. The third-order valence-corrected chi connectivity index (χ3v) is 5.89. The van der Waals surface area contributed by atoms with Crippen LogP contribution in [0.1, 0.15) is 72.6 Å².